The molecule has 1 amide bonds. The zero-order chi connectivity index (χ0) is 17.6. The van der Waals surface area contributed by atoms with Crippen LogP contribution in [-0.2, 0) is 11.8 Å². The van der Waals surface area contributed by atoms with Crippen molar-refractivity contribution in [2.24, 2.45) is 13.0 Å². The number of carbonyl (C=O) groups excluding carboxylic acids is 1. The Kier molecular flexibility index (Phi) is 5.87. The van der Waals surface area contributed by atoms with Crippen LogP contribution in [0.15, 0.2) is 42.7 Å². The highest BCUT2D eigenvalue weighted by atomic mass is 16.2. The fourth-order valence-electron chi connectivity index (χ4n) is 3.81. The van der Waals surface area contributed by atoms with E-state index >= 15 is 0 Å². The highest BCUT2D eigenvalue weighted by molar-refractivity contribution is 5.83. The zero-order valence-corrected chi connectivity index (χ0v) is 15.1. The van der Waals surface area contributed by atoms with Crippen LogP contribution in [0.5, 0.6) is 0 Å². The maximum atomic E-state index is 12.5. The van der Waals surface area contributed by atoms with Crippen molar-refractivity contribution < 1.29 is 4.79 Å². The number of carbonyl (C=O) groups is 1. The van der Waals surface area contributed by atoms with Gasteiger partial charge in [0.05, 0.1) is 6.20 Å². The van der Waals surface area contributed by atoms with Crippen LogP contribution in [0.3, 0.4) is 0 Å². The van der Waals surface area contributed by atoms with Crippen molar-refractivity contribution in [3.8, 4) is 0 Å². The molecule has 1 saturated carbocycles. The Morgan fingerprint density at radius 2 is 1.96 bits per heavy atom. The van der Waals surface area contributed by atoms with Crippen molar-refractivity contribution in [3.05, 3.63) is 53.9 Å². The van der Waals surface area contributed by atoms with Gasteiger partial charge in [0, 0.05) is 25.4 Å². The first-order valence-electron chi connectivity index (χ1n) is 9.16. The first kappa shape index (κ1) is 17.7. The van der Waals surface area contributed by atoms with Gasteiger partial charge in [-0.05, 0) is 50.1 Å². The number of aromatic nitrogens is 2. The third kappa shape index (κ3) is 4.48. The van der Waals surface area contributed by atoms with Gasteiger partial charge in [-0.3, -0.25) is 9.48 Å². The van der Waals surface area contributed by atoms with E-state index < -0.39 is 0 Å². The molecule has 0 aliphatic heterocycles. The second-order valence-corrected chi connectivity index (χ2v) is 7.04. The molecule has 1 aromatic heterocycles. The molecule has 1 heterocycles. The van der Waals surface area contributed by atoms with E-state index in [4.69, 9.17) is 0 Å². The lowest BCUT2D eigenvalue weighted by Crippen LogP contribution is -2.38. The van der Waals surface area contributed by atoms with E-state index in [1.54, 1.807) is 10.9 Å². The summed E-state index contributed by atoms with van der Waals surface area (Å²) in [5.41, 5.74) is 2.35. The molecule has 2 N–H and O–H groups in total. The Bertz CT molecular complexity index is 674. The van der Waals surface area contributed by atoms with Crippen molar-refractivity contribution >= 4 is 5.91 Å². The minimum Gasteiger partial charge on any atom is -0.354 e. The lowest BCUT2D eigenvalue weighted by Gasteiger charge is -2.29. The number of hydrogen-bond donors (Lipinski definition) is 2. The predicted octanol–water partition coefficient (Wildman–Crippen LogP) is 2.77. The number of nitrogens with zero attached hydrogens (tertiary/aromatic N) is 2. The Hall–Kier alpha value is -2.14. The number of hydrogen-bond acceptors (Lipinski definition) is 3. The molecule has 1 unspecified atom stereocenters. The molecule has 0 spiro atoms. The van der Waals surface area contributed by atoms with Crippen LogP contribution in [0.1, 0.15) is 48.8 Å². The van der Waals surface area contributed by atoms with E-state index in [0.717, 1.165) is 12.1 Å². The Morgan fingerprint density at radius 1 is 1.24 bits per heavy atom. The summed E-state index contributed by atoms with van der Waals surface area (Å²) in [6, 6.07) is 10.5. The standard InChI is InChI=1S/C20H28N4O/c1-21-19(18-13-23-24(2)14-18)20(25)22-12-15-8-10-17(11-9-15)16-6-4-3-5-7-16/h3-7,13-15,17,19,21H,8-12H2,1-2H3,(H,22,25). The molecule has 0 saturated heterocycles. The monoisotopic (exact) mass is 340 g/mol. The van der Waals surface area contributed by atoms with Crippen molar-refractivity contribution in [2.45, 2.75) is 37.6 Å². The molecule has 2 aromatic rings. The van der Waals surface area contributed by atoms with Gasteiger partial charge in [0.2, 0.25) is 5.91 Å². The maximum Gasteiger partial charge on any atom is 0.241 e. The number of benzene rings is 1. The number of nitrogens with one attached hydrogen (secondary N) is 2. The Balaban J connectivity index is 1.47. The second-order valence-electron chi connectivity index (χ2n) is 7.04. The molecule has 1 aliphatic rings. The summed E-state index contributed by atoms with van der Waals surface area (Å²) in [5.74, 6) is 1.28. The van der Waals surface area contributed by atoms with Gasteiger partial charge in [0.1, 0.15) is 6.04 Å². The van der Waals surface area contributed by atoms with Crippen LogP contribution in [0.2, 0.25) is 0 Å². The highest BCUT2D eigenvalue weighted by Gasteiger charge is 2.24. The van der Waals surface area contributed by atoms with E-state index in [1.165, 1.54) is 31.2 Å². The number of rotatable bonds is 6. The van der Waals surface area contributed by atoms with E-state index in [9.17, 15) is 4.79 Å². The van der Waals surface area contributed by atoms with Gasteiger partial charge in [0.25, 0.3) is 0 Å². The zero-order valence-electron chi connectivity index (χ0n) is 15.1. The summed E-state index contributed by atoms with van der Waals surface area (Å²) in [6.45, 7) is 0.763. The summed E-state index contributed by atoms with van der Waals surface area (Å²) in [4.78, 5) is 12.5. The fraction of sp³-hybridized carbons (Fsp3) is 0.500. The van der Waals surface area contributed by atoms with E-state index in [-0.39, 0.29) is 11.9 Å². The van der Waals surface area contributed by atoms with Crippen molar-refractivity contribution in [1.29, 1.82) is 0 Å². The lowest BCUT2D eigenvalue weighted by atomic mass is 9.78. The van der Waals surface area contributed by atoms with Crippen LogP contribution >= 0.6 is 0 Å². The maximum absolute atomic E-state index is 12.5. The molecule has 0 bridgehead atoms. The molecular formula is C20H28N4O. The average Bonchev–Trinajstić information content (AvgIpc) is 3.08. The minimum absolute atomic E-state index is 0.0284. The number of likely N-dealkylation sites (N-methyl/N-ethyl adjacent to an activating group) is 1. The molecule has 1 fully saturated rings. The average molecular weight is 340 g/mol. The molecule has 25 heavy (non-hydrogen) atoms. The molecule has 134 valence electrons. The van der Waals surface area contributed by atoms with Crippen molar-refractivity contribution in [3.63, 3.8) is 0 Å². The lowest BCUT2D eigenvalue weighted by molar-refractivity contribution is -0.123. The van der Waals surface area contributed by atoms with Gasteiger partial charge >= 0.3 is 0 Å². The molecule has 0 radical (unpaired) electrons. The molecule has 3 rings (SSSR count). The third-order valence-corrected chi connectivity index (χ3v) is 5.29. The first-order chi connectivity index (χ1) is 12.2. The SMILES string of the molecule is CNC(C(=O)NCC1CCC(c2ccccc2)CC1)c1cnn(C)c1. The molecule has 5 heteroatoms. The first-order valence-corrected chi connectivity index (χ1v) is 9.16. The fourth-order valence-corrected chi connectivity index (χ4v) is 3.81. The Morgan fingerprint density at radius 3 is 2.56 bits per heavy atom. The van der Waals surface area contributed by atoms with E-state index in [1.807, 2.05) is 20.3 Å². The van der Waals surface area contributed by atoms with Crippen molar-refractivity contribution in [1.82, 2.24) is 20.4 Å². The van der Waals surface area contributed by atoms with Crippen LogP contribution in [-0.4, -0.2) is 29.3 Å². The van der Waals surface area contributed by atoms with Gasteiger partial charge in [-0.2, -0.15) is 5.10 Å². The van der Waals surface area contributed by atoms with Gasteiger partial charge < -0.3 is 10.6 Å². The molecule has 5 nitrogen and oxygen atoms in total. The molecule has 1 aromatic carbocycles. The minimum atomic E-state index is -0.339. The quantitative estimate of drug-likeness (QED) is 0.850. The predicted molar refractivity (Wildman–Crippen MR) is 99.2 cm³/mol. The summed E-state index contributed by atoms with van der Waals surface area (Å²) in [7, 11) is 3.67. The van der Waals surface area contributed by atoms with Crippen LogP contribution in [0.25, 0.3) is 0 Å². The molecule has 1 aliphatic carbocycles. The molecular weight excluding hydrogens is 312 g/mol. The third-order valence-electron chi connectivity index (χ3n) is 5.29. The van der Waals surface area contributed by atoms with Gasteiger partial charge in [-0.1, -0.05) is 30.3 Å². The summed E-state index contributed by atoms with van der Waals surface area (Å²) in [6.07, 6.45) is 8.40. The number of aryl methyl sites for hydroxylation is 1. The van der Waals surface area contributed by atoms with Crippen LogP contribution in [0.4, 0.5) is 0 Å². The van der Waals surface area contributed by atoms with E-state index in [0.29, 0.717) is 11.8 Å². The van der Waals surface area contributed by atoms with Gasteiger partial charge in [0.15, 0.2) is 0 Å². The molecule has 1 atom stereocenters. The van der Waals surface area contributed by atoms with E-state index in [2.05, 4.69) is 46.1 Å². The summed E-state index contributed by atoms with van der Waals surface area (Å²) in [5, 5.41) is 10.4. The van der Waals surface area contributed by atoms with Gasteiger partial charge in [-0.15, -0.1) is 0 Å². The highest BCUT2D eigenvalue weighted by Crippen LogP contribution is 2.35. The summed E-state index contributed by atoms with van der Waals surface area (Å²) >= 11 is 0. The van der Waals surface area contributed by atoms with Crippen LogP contribution in [0, 0.1) is 5.92 Å². The van der Waals surface area contributed by atoms with Gasteiger partial charge in [-0.25, -0.2) is 0 Å². The Labute approximate surface area is 149 Å². The smallest absolute Gasteiger partial charge is 0.241 e. The topological polar surface area (TPSA) is 59.0 Å². The number of amides is 1. The second kappa shape index (κ2) is 8.30. The summed E-state index contributed by atoms with van der Waals surface area (Å²) < 4.78 is 1.72. The van der Waals surface area contributed by atoms with Crippen LogP contribution < -0.4 is 10.6 Å². The van der Waals surface area contributed by atoms with Crippen molar-refractivity contribution in [2.75, 3.05) is 13.6 Å². The normalized spacial score (nSPS) is 21.7. The largest absolute Gasteiger partial charge is 0.354 e.